The van der Waals surface area contributed by atoms with Gasteiger partial charge in [-0.25, -0.2) is 0 Å². The molecule has 0 heterocycles. The summed E-state index contributed by atoms with van der Waals surface area (Å²) in [6.07, 6.45) is 13.9. The van der Waals surface area contributed by atoms with Crippen molar-refractivity contribution in [3.63, 3.8) is 0 Å². The first kappa shape index (κ1) is 24.1. The van der Waals surface area contributed by atoms with Crippen molar-refractivity contribution in [3.05, 3.63) is 0 Å². The van der Waals surface area contributed by atoms with Crippen molar-refractivity contribution in [2.45, 2.75) is 97.0 Å². The van der Waals surface area contributed by atoms with Crippen LogP contribution in [0, 0.1) is 5.92 Å². The summed E-state index contributed by atoms with van der Waals surface area (Å²) in [6.45, 7) is 4.40. The van der Waals surface area contributed by atoms with Gasteiger partial charge in [0.25, 0.3) is 0 Å². The van der Waals surface area contributed by atoms with E-state index in [2.05, 4.69) is 0 Å². The fourth-order valence-electron chi connectivity index (χ4n) is 3.27. The second-order valence-corrected chi connectivity index (χ2v) is 6.82. The molecular formula is C20H41NO4. The number of Topliss-reactive ketones (excluding diaryl/α,β-unsaturated/α-hetero) is 1. The van der Waals surface area contributed by atoms with Gasteiger partial charge in [-0.2, -0.15) is 0 Å². The number of nitrogens with two attached hydrogens (primary N) is 1. The minimum absolute atomic E-state index is 0. The highest BCUT2D eigenvalue weighted by atomic mass is 16.5. The molecule has 2 aliphatic rings. The standard InChI is InChI=1S/C9H17NO2.C9H16O.C2H6O.H2/c10-9(11)6-7-12-8-4-2-1-3-5-8;1-2-9(10)8-6-4-3-5-7-8;1-2-3;/h8H,1-7H2,(H2,10,11);8H,2-7H2,1H3;3H,2H2,1H3;1H. The molecule has 0 unspecified atom stereocenters. The summed E-state index contributed by atoms with van der Waals surface area (Å²) in [4.78, 5) is 21.6. The molecule has 25 heavy (non-hydrogen) atoms. The molecule has 5 heteroatoms. The molecule has 0 aromatic rings. The third-order valence-corrected chi connectivity index (χ3v) is 4.66. The lowest BCUT2D eigenvalue weighted by Crippen LogP contribution is -2.20. The van der Waals surface area contributed by atoms with E-state index in [1.54, 1.807) is 6.92 Å². The van der Waals surface area contributed by atoms with Crippen LogP contribution in [0.5, 0.6) is 0 Å². The Labute approximate surface area is 155 Å². The number of hydrogen-bond donors (Lipinski definition) is 2. The van der Waals surface area contributed by atoms with Gasteiger partial charge in [0.2, 0.25) is 5.91 Å². The van der Waals surface area contributed by atoms with Crippen molar-refractivity contribution >= 4 is 11.7 Å². The van der Waals surface area contributed by atoms with Crippen molar-refractivity contribution in [1.82, 2.24) is 0 Å². The van der Waals surface area contributed by atoms with Crippen LogP contribution in [0.1, 0.15) is 92.3 Å². The van der Waals surface area contributed by atoms with Gasteiger partial charge in [0.1, 0.15) is 5.78 Å². The van der Waals surface area contributed by atoms with Gasteiger partial charge in [-0.3, -0.25) is 9.59 Å². The van der Waals surface area contributed by atoms with Gasteiger partial charge in [-0.05, 0) is 32.6 Å². The van der Waals surface area contributed by atoms with E-state index in [0.717, 1.165) is 32.1 Å². The van der Waals surface area contributed by atoms with Crippen LogP contribution in [0.25, 0.3) is 0 Å². The Morgan fingerprint density at radius 3 is 1.92 bits per heavy atom. The SMILES string of the molecule is CCC(=O)C1CCCCC1.CCO.NC(=O)CCOC1CCCCC1.[HH]. The number of carbonyl (C=O) groups is 2. The smallest absolute Gasteiger partial charge is 0.219 e. The average Bonchev–Trinajstić information content (AvgIpc) is 2.63. The fourth-order valence-corrected chi connectivity index (χ4v) is 3.27. The highest BCUT2D eigenvalue weighted by Gasteiger charge is 2.18. The molecule has 0 radical (unpaired) electrons. The topological polar surface area (TPSA) is 89.6 Å². The molecule has 2 fully saturated rings. The first-order valence-electron chi connectivity index (χ1n) is 10.1. The molecule has 2 saturated carbocycles. The van der Waals surface area contributed by atoms with E-state index in [0.29, 0.717) is 30.8 Å². The monoisotopic (exact) mass is 359 g/mol. The van der Waals surface area contributed by atoms with Gasteiger partial charge in [0.05, 0.1) is 12.7 Å². The second kappa shape index (κ2) is 16.5. The minimum atomic E-state index is -0.272. The third-order valence-electron chi connectivity index (χ3n) is 4.66. The van der Waals surface area contributed by atoms with Crippen LogP contribution < -0.4 is 5.73 Å². The van der Waals surface area contributed by atoms with Crippen molar-refractivity contribution in [2.75, 3.05) is 13.2 Å². The van der Waals surface area contributed by atoms with Crippen molar-refractivity contribution in [3.8, 4) is 0 Å². The minimum Gasteiger partial charge on any atom is -0.397 e. The molecule has 0 aromatic heterocycles. The Balaban J connectivity index is 0. The zero-order valence-corrected chi connectivity index (χ0v) is 16.3. The average molecular weight is 360 g/mol. The van der Waals surface area contributed by atoms with E-state index in [4.69, 9.17) is 15.6 Å². The largest absolute Gasteiger partial charge is 0.397 e. The maximum absolute atomic E-state index is 11.2. The van der Waals surface area contributed by atoms with Crippen LogP contribution in [0.15, 0.2) is 0 Å². The predicted octanol–water partition coefficient (Wildman–Crippen LogP) is 4.00. The number of ketones is 1. The van der Waals surface area contributed by atoms with E-state index >= 15 is 0 Å². The van der Waals surface area contributed by atoms with E-state index in [1.807, 2.05) is 6.92 Å². The van der Waals surface area contributed by atoms with Gasteiger partial charge < -0.3 is 15.6 Å². The molecule has 0 saturated heterocycles. The second-order valence-electron chi connectivity index (χ2n) is 6.82. The highest BCUT2D eigenvalue weighted by Crippen LogP contribution is 2.24. The van der Waals surface area contributed by atoms with Crippen LogP contribution in [0.3, 0.4) is 0 Å². The quantitative estimate of drug-likeness (QED) is 0.750. The number of hydrogen-bond acceptors (Lipinski definition) is 4. The van der Waals surface area contributed by atoms with Crippen LogP contribution in [-0.2, 0) is 14.3 Å². The molecule has 3 N–H and O–H groups in total. The van der Waals surface area contributed by atoms with E-state index < -0.39 is 0 Å². The number of aliphatic hydroxyl groups excluding tert-OH is 1. The van der Waals surface area contributed by atoms with Crippen molar-refractivity contribution in [2.24, 2.45) is 11.7 Å². The van der Waals surface area contributed by atoms with Gasteiger partial charge in [0, 0.05) is 26.8 Å². The molecule has 0 aromatic carbocycles. The van der Waals surface area contributed by atoms with E-state index in [9.17, 15) is 9.59 Å². The van der Waals surface area contributed by atoms with Crippen molar-refractivity contribution < 1.29 is 20.9 Å². The van der Waals surface area contributed by atoms with Gasteiger partial charge >= 0.3 is 0 Å². The number of ether oxygens (including phenoxy) is 1. The van der Waals surface area contributed by atoms with Crippen LogP contribution in [0.2, 0.25) is 0 Å². The fraction of sp³-hybridized carbons (Fsp3) is 0.900. The summed E-state index contributed by atoms with van der Waals surface area (Å²) >= 11 is 0. The number of carbonyl (C=O) groups excluding carboxylic acids is 2. The molecule has 150 valence electrons. The summed E-state index contributed by atoms with van der Waals surface area (Å²) < 4.78 is 5.49. The van der Waals surface area contributed by atoms with Crippen molar-refractivity contribution in [1.29, 1.82) is 0 Å². The summed E-state index contributed by atoms with van der Waals surface area (Å²) in [7, 11) is 0. The lowest BCUT2D eigenvalue weighted by Gasteiger charge is -2.21. The number of rotatable bonds is 6. The lowest BCUT2D eigenvalue weighted by atomic mass is 9.85. The molecular weight excluding hydrogens is 318 g/mol. The molecule has 1 amide bonds. The molecule has 2 aliphatic carbocycles. The number of primary amides is 1. The van der Waals surface area contributed by atoms with Crippen LogP contribution in [0.4, 0.5) is 0 Å². The van der Waals surface area contributed by atoms with Crippen LogP contribution >= 0.6 is 0 Å². The predicted molar refractivity (Wildman–Crippen MR) is 103 cm³/mol. The number of amides is 1. The molecule has 0 aliphatic heterocycles. The van der Waals surface area contributed by atoms with E-state index in [1.165, 1.54) is 38.5 Å². The van der Waals surface area contributed by atoms with E-state index in [-0.39, 0.29) is 13.9 Å². The Hall–Kier alpha value is -0.940. The Morgan fingerprint density at radius 2 is 1.48 bits per heavy atom. The molecule has 2 rings (SSSR count). The Kier molecular flexibility index (Phi) is 15.9. The molecule has 0 bridgehead atoms. The molecule has 0 spiro atoms. The van der Waals surface area contributed by atoms with Gasteiger partial charge in [0.15, 0.2) is 0 Å². The maximum atomic E-state index is 11.2. The zero-order valence-electron chi connectivity index (χ0n) is 16.3. The Bertz CT molecular complexity index is 341. The highest BCUT2D eigenvalue weighted by molar-refractivity contribution is 5.80. The molecule has 5 nitrogen and oxygen atoms in total. The maximum Gasteiger partial charge on any atom is 0.219 e. The van der Waals surface area contributed by atoms with Crippen LogP contribution in [-0.4, -0.2) is 36.1 Å². The normalized spacial score (nSPS) is 18.4. The zero-order chi connectivity index (χ0) is 18.9. The first-order valence-corrected chi connectivity index (χ1v) is 10.1. The third kappa shape index (κ3) is 14.0. The summed E-state index contributed by atoms with van der Waals surface area (Å²) in [5, 5.41) is 7.57. The van der Waals surface area contributed by atoms with Gasteiger partial charge in [-0.15, -0.1) is 0 Å². The first-order chi connectivity index (χ1) is 12.0. The number of aliphatic hydroxyl groups is 1. The van der Waals surface area contributed by atoms with Gasteiger partial charge in [-0.1, -0.05) is 45.4 Å². The summed E-state index contributed by atoms with van der Waals surface area (Å²) in [5.74, 6) is 0.643. The molecule has 0 atom stereocenters. The summed E-state index contributed by atoms with van der Waals surface area (Å²) in [5.41, 5.74) is 4.99. The summed E-state index contributed by atoms with van der Waals surface area (Å²) in [6, 6.07) is 0. The lowest BCUT2D eigenvalue weighted by molar-refractivity contribution is -0.123. The Morgan fingerprint density at radius 1 is 1.00 bits per heavy atom.